The molecule has 0 bridgehead atoms. The predicted molar refractivity (Wildman–Crippen MR) is 87.3 cm³/mol. The summed E-state index contributed by atoms with van der Waals surface area (Å²) in [5.41, 5.74) is 1.39. The summed E-state index contributed by atoms with van der Waals surface area (Å²) in [6, 6.07) is 7.90. The number of hydrogen-bond acceptors (Lipinski definition) is 4. The van der Waals surface area contributed by atoms with Crippen LogP contribution < -0.4 is 5.32 Å². The van der Waals surface area contributed by atoms with Crippen LogP contribution in [-0.2, 0) is 27.9 Å². The molecule has 0 radical (unpaired) electrons. The topological polar surface area (TPSA) is 84.3 Å². The summed E-state index contributed by atoms with van der Waals surface area (Å²) >= 11 is 0. The van der Waals surface area contributed by atoms with Gasteiger partial charge in [-0.2, -0.15) is 9.40 Å². The standard InChI is InChI=1S/C15H20N4O3S/c1-4-19-14(9-10-16-19)11-18(3)23(21,22)15-7-5-13(6-8-15)17-12(2)20/h5-10H,4,11H2,1-3H3,(H,17,20). The number of sulfonamides is 1. The second-order valence-electron chi connectivity index (χ2n) is 5.10. The Labute approximate surface area is 136 Å². The van der Waals surface area contributed by atoms with Crippen molar-refractivity contribution in [1.82, 2.24) is 14.1 Å². The van der Waals surface area contributed by atoms with Crippen molar-refractivity contribution in [2.24, 2.45) is 0 Å². The van der Waals surface area contributed by atoms with Crippen molar-refractivity contribution in [2.75, 3.05) is 12.4 Å². The summed E-state index contributed by atoms with van der Waals surface area (Å²) in [6.45, 7) is 4.27. The van der Waals surface area contributed by atoms with E-state index < -0.39 is 10.0 Å². The Morgan fingerprint density at radius 2 is 1.91 bits per heavy atom. The fourth-order valence-electron chi connectivity index (χ4n) is 2.19. The maximum absolute atomic E-state index is 12.6. The van der Waals surface area contributed by atoms with Crippen LogP contribution >= 0.6 is 0 Å². The van der Waals surface area contributed by atoms with Crippen molar-refractivity contribution >= 4 is 21.6 Å². The lowest BCUT2D eigenvalue weighted by Gasteiger charge is -2.18. The molecule has 2 aromatic rings. The summed E-state index contributed by atoms with van der Waals surface area (Å²) in [5.74, 6) is -0.203. The SMILES string of the molecule is CCn1nccc1CN(C)S(=O)(=O)c1ccc(NC(C)=O)cc1. The van der Waals surface area contributed by atoms with Crippen LogP contribution in [0.4, 0.5) is 5.69 Å². The molecule has 1 amide bonds. The maximum Gasteiger partial charge on any atom is 0.243 e. The largest absolute Gasteiger partial charge is 0.326 e. The highest BCUT2D eigenvalue weighted by Gasteiger charge is 2.22. The Morgan fingerprint density at radius 3 is 2.48 bits per heavy atom. The fraction of sp³-hybridized carbons (Fsp3) is 0.333. The van der Waals surface area contributed by atoms with Crippen LogP contribution in [0.15, 0.2) is 41.4 Å². The Morgan fingerprint density at radius 1 is 1.26 bits per heavy atom. The lowest BCUT2D eigenvalue weighted by atomic mass is 10.3. The van der Waals surface area contributed by atoms with Crippen LogP contribution in [0.3, 0.4) is 0 Å². The lowest BCUT2D eigenvalue weighted by molar-refractivity contribution is -0.114. The second-order valence-corrected chi connectivity index (χ2v) is 7.15. The zero-order chi connectivity index (χ0) is 17.0. The minimum Gasteiger partial charge on any atom is -0.326 e. The van der Waals surface area contributed by atoms with E-state index in [0.29, 0.717) is 12.2 Å². The van der Waals surface area contributed by atoms with E-state index in [1.54, 1.807) is 29.1 Å². The first-order chi connectivity index (χ1) is 10.8. The molecule has 0 fully saturated rings. The van der Waals surface area contributed by atoms with Gasteiger partial charge in [-0.25, -0.2) is 8.42 Å². The molecule has 0 saturated heterocycles. The monoisotopic (exact) mass is 336 g/mol. The van der Waals surface area contributed by atoms with Crippen molar-refractivity contribution in [1.29, 1.82) is 0 Å². The number of aryl methyl sites for hydroxylation is 1. The number of nitrogens with zero attached hydrogens (tertiary/aromatic N) is 3. The van der Waals surface area contributed by atoms with Crippen LogP contribution in [0.5, 0.6) is 0 Å². The zero-order valence-electron chi connectivity index (χ0n) is 13.4. The van der Waals surface area contributed by atoms with Gasteiger partial charge in [-0.3, -0.25) is 9.48 Å². The van der Waals surface area contributed by atoms with Gasteiger partial charge in [-0.1, -0.05) is 0 Å². The number of amides is 1. The number of anilines is 1. The molecule has 0 aliphatic carbocycles. The summed E-state index contributed by atoms with van der Waals surface area (Å²) in [5, 5.41) is 6.74. The van der Waals surface area contributed by atoms with Gasteiger partial charge >= 0.3 is 0 Å². The number of hydrogen-bond donors (Lipinski definition) is 1. The average Bonchev–Trinajstić information content (AvgIpc) is 2.94. The number of aromatic nitrogens is 2. The molecule has 0 saturated carbocycles. The quantitative estimate of drug-likeness (QED) is 0.870. The molecule has 1 aromatic carbocycles. The molecular formula is C15H20N4O3S. The van der Waals surface area contributed by atoms with Gasteiger partial charge in [-0.05, 0) is 37.3 Å². The van der Waals surface area contributed by atoms with E-state index in [1.165, 1.54) is 30.4 Å². The molecule has 8 heteroatoms. The zero-order valence-corrected chi connectivity index (χ0v) is 14.2. The van der Waals surface area contributed by atoms with E-state index in [0.717, 1.165) is 5.69 Å². The van der Waals surface area contributed by atoms with Gasteiger partial charge in [0.15, 0.2) is 0 Å². The summed E-state index contributed by atoms with van der Waals surface area (Å²) < 4.78 is 28.2. The number of carbonyl (C=O) groups excluding carboxylic acids is 1. The highest BCUT2D eigenvalue weighted by atomic mass is 32.2. The third-order valence-electron chi connectivity index (χ3n) is 3.37. The Bertz CT molecular complexity index is 781. The average molecular weight is 336 g/mol. The molecule has 23 heavy (non-hydrogen) atoms. The van der Waals surface area contributed by atoms with E-state index in [2.05, 4.69) is 10.4 Å². The minimum absolute atomic E-state index is 0.177. The van der Waals surface area contributed by atoms with E-state index in [-0.39, 0.29) is 17.3 Å². The first-order valence-corrected chi connectivity index (χ1v) is 8.63. The first kappa shape index (κ1) is 17.2. The molecule has 0 aliphatic heterocycles. The number of nitrogens with one attached hydrogen (secondary N) is 1. The summed E-state index contributed by atoms with van der Waals surface area (Å²) in [7, 11) is -2.07. The van der Waals surface area contributed by atoms with Gasteiger partial charge in [0, 0.05) is 32.4 Å². The molecule has 0 aliphatic rings. The number of rotatable bonds is 6. The van der Waals surface area contributed by atoms with Gasteiger partial charge in [0.1, 0.15) is 0 Å². The Hall–Kier alpha value is -2.19. The first-order valence-electron chi connectivity index (χ1n) is 7.19. The van der Waals surface area contributed by atoms with Crippen molar-refractivity contribution in [3.05, 3.63) is 42.2 Å². The Kier molecular flexibility index (Phi) is 5.17. The normalized spacial score (nSPS) is 11.7. The number of benzene rings is 1. The third kappa shape index (κ3) is 3.96. The maximum atomic E-state index is 12.6. The van der Waals surface area contributed by atoms with Crippen LogP contribution in [-0.4, -0.2) is 35.5 Å². The molecule has 0 unspecified atom stereocenters. The molecule has 1 N–H and O–H groups in total. The summed E-state index contributed by atoms with van der Waals surface area (Å²) in [6.07, 6.45) is 1.65. The van der Waals surface area contributed by atoms with E-state index in [9.17, 15) is 13.2 Å². The van der Waals surface area contributed by atoms with Gasteiger partial charge in [0.2, 0.25) is 15.9 Å². The molecule has 7 nitrogen and oxygen atoms in total. The lowest BCUT2D eigenvalue weighted by Crippen LogP contribution is -2.27. The van der Waals surface area contributed by atoms with Gasteiger partial charge in [0.05, 0.1) is 17.1 Å². The van der Waals surface area contributed by atoms with Crippen molar-refractivity contribution in [2.45, 2.75) is 31.8 Å². The summed E-state index contributed by atoms with van der Waals surface area (Å²) in [4.78, 5) is 11.2. The van der Waals surface area contributed by atoms with Crippen LogP contribution in [0, 0.1) is 0 Å². The molecular weight excluding hydrogens is 316 g/mol. The van der Waals surface area contributed by atoms with Gasteiger partial charge < -0.3 is 5.32 Å². The molecule has 0 spiro atoms. The molecule has 0 atom stereocenters. The highest BCUT2D eigenvalue weighted by Crippen LogP contribution is 2.19. The predicted octanol–water partition coefficient (Wildman–Crippen LogP) is 1.68. The van der Waals surface area contributed by atoms with Crippen molar-refractivity contribution < 1.29 is 13.2 Å². The smallest absolute Gasteiger partial charge is 0.243 e. The van der Waals surface area contributed by atoms with Crippen LogP contribution in [0.25, 0.3) is 0 Å². The number of carbonyl (C=O) groups is 1. The second kappa shape index (κ2) is 6.93. The van der Waals surface area contributed by atoms with Crippen LogP contribution in [0.2, 0.25) is 0 Å². The van der Waals surface area contributed by atoms with E-state index in [1.807, 2.05) is 6.92 Å². The molecule has 124 valence electrons. The highest BCUT2D eigenvalue weighted by molar-refractivity contribution is 7.89. The van der Waals surface area contributed by atoms with Gasteiger partial charge in [0.25, 0.3) is 0 Å². The van der Waals surface area contributed by atoms with Crippen molar-refractivity contribution in [3.63, 3.8) is 0 Å². The van der Waals surface area contributed by atoms with Crippen molar-refractivity contribution in [3.8, 4) is 0 Å². The van der Waals surface area contributed by atoms with Crippen LogP contribution in [0.1, 0.15) is 19.5 Å². The minimum atomic E-state index is -3.61. The van der Waals surface area contributed by atoms with E-state index in [4.69, 9.17) is 0 Å². The third-order valence-corrected chi connectivity index (χ3v) is 5.19. The van der Waals surface area contributed by atoms with E-state index >= 15 is 0 Å². The van der Waals surface area contributed by atoms with Gasteiger partial charge in [-0.15, -0.1) is 0 Å². The Balaban J connectivity index is 2.18. The molecule has 1 heterocycles. The molecule has 2 rings (SSSR count). The fourth-order valence-corrected chi connectivity index (χ4v) is 3.33. The molecule has 1 aromatic heterocycles.